The van der Waals surface area contributed by atoms with E-state index in [-0.39, 0.29) is 10.9 Å². The molecule has 0 aromatic heterocycles. The van der Waals surface area contributed by atoms with Gasteiger partial charge in [-0.25, -0.2) is 13.2 Å². The minimum Gasteiger partial charge on any atom is -0.316 e. The number of nitrogens with one attached hydrogen (secondary N) is 1. The summed E-state index contributed by atoms with van der Waals surface area (Å²) in [7, 11) is -3.69. The van der Waals surface area contributed by atoms with Crippen LogP contribution in [0.2, 0.25) is 5.02 Å². The fourth-order valence-electron chi connectivity index (χ4n) is 2.73. The second kappa shape index (κ2) is 6.98. The third-order valence-corrected chi connectivity index (χ3v) is 6.61. The number of urea groups is 1. The third kappa shape index (κ3) is 3.39. The topological polar surface area (TPSA) is 90.3 Å². The predicted octanol–water partition coefficient (Wildman–Crippen LogP) is 3.57. The van der Waals surface area contributed by atoms with Crippen molar-refractivity contribution in [2.75, 3.05) is 5.32 Å². The van der Waals surface area contributed by atoms with E-state index in [1.54, 1.807) is 17.0 Å². The molecule has 1 heterocycles. The molecule has 3 rings (SSSR count). The van der Waals surface area contributed by atoms with Crippen molar-refractivity contribution in [1.29, 1.82) is 5.26 Å². The van der Waals surface area contributed by atoms with Gasteiger partial charge in [0.25, 0.3) is 0 Å². The lowest BCUT2D eigenvalue weighted by atomic mass is 10.1. The monoisotopic (exact) mass is 389 g/mol. The van der Waals surface area contributed by atoms with E-state index in [0.717, 1.165) is 11.1 Å². The van der Waals surface area contributed by atoms with E-state index >= 15 is 0 Å². The van der Waals surface area contributed by atoms with Gasteiger partial charge in [-0.3, -0.25) is 0 Å². The van der Waals surface area contributed by atoms with Crippen LogP contribution in [0.25, 0.3) is 0 Å². The van der Waals surface area contributed by atoms with Crippen molar-refractivity contribution in [3.63, 3.8) is 0 Å². The fraction of sp³-hybridized carbons (Fsp3) is 0.222. The molecule has 0 spiro atoms. The van der Waals surface area contributed by atoms with Gasteiger partial charge in [0, 0.05) is 23.8 Å². The maximum Gasteiger partial charge on any atom is 0.322 e. The first-order valence-corrected chi connectivity index (χ1v) is 9.81. The molecule has 1 unspecified atom stereocenters. The minimum atomic E-state index is -3.69. The number of anilines is 1. The highest BCUT2D eigenvalue weighted by atomic mass is 35.5. The molecule has 0 fully saturated rings. The molecule has 2 amide bonds. The van der Waals surface area contributed by atoms with Crippen LogP contribution in [0.4, 0.5) is 10.5 Å². The number of hydrogen-bond acceptors (Lipinski definition) is 4. The largest absolute Gasteiger partial charge is 0.322 e. The number of nitriles is 1. The molecule has 0 radical (unpaired) electrons. The van der Waals surface area contributed by atoms with Gasteiger partial charge in [0.1, 0.15) is 5.25 Å². The standard InChI is InChI=1S/C18H16ClN3O3S/c1-12(9-20)26(24,25)15-7-5-14(6-8-15)21-18(23)22-10-13-3-2-4-17(19)16(13)11-22/h2-8,12H,10-11H2,1H3,(H,21,23). The SMILES string of the molecule is CC(C#N)S(=O)(=O)c1ccc(NC(=O)N2Cc3cccc(Cl)c3C2)cc1. The highest BCUT2D eigenvalue weighted by Gasteiger charge is 2.26. The normalized spacial score (nSPS) is 14.4. The zero-order valence-electron chi connectivity index (χ0n) is 13.9. The number of carbonyl (C=O) groups is 1. The van der Waals surface area contributed by atoms with Crippen LogP contribution in [0.5, 0.6) is 0 Å². The summed E-state index contributed by atoms with van der Waals surface area (Å²) < 4.78 is 24.3. The molecular formula is C18H16ClN3O3S. The fourth-order valence-corrected chi connectivity index (χ4v) is 4.04. The Morgan fingerprint density at radius 3 is 2.54 bits per heavy atom. The Labute approximate surface area is 156 Å². The smallest absolute Gasteiger partial charge is 0.316 e. The molecule has 1 N–H and O–H groups in total. The molecule has 26 heavy (non-hydrogen) atoms. The average Bonchev–Trinajstić information content (AvgIpc) is 3.07. The van der Waals surface area contributed by atoms with Gasteiger partial charge >= 0.3 is 6.03 Å². The first-order chi connectivity index (χ1) is 12.3. The van der Waals surface area contributed by atoms with E-state index in [2.05, 4.69) is 5.32 Å². The number of hydrogen-bond donors (Lipinski definition) is 1. The summed E-state index contributed by atoms with van der Waals surface area (Å²) in [5.41, 5.74) is 2.43. The zero-order valence-corrected chi connectivity index (χ0v) is 15.5. The summed E-state index contributed by atoms with van der Waals surface area (Å²) in [6, 6.07) is 12.8. The number of benzene rings is 2. The Morgan fingerprint density at radius 2 is 1.92 bits per heavy atom. The van der Waals surface area contributed by atoms with E-state index in [4.69, 9.17) is 16.9 Å². The number of sulfone groups is 1. The lowest BCUT2D eigenvalue weighted by Gasteiger charge is -2.16. The molecule has 1 aliphatic rings. The summed E-state index contributed by atoms with van der Waals surface area (Å²) in [5, 5.41) is 11.1. The zero-order chi connectivity index (χ0) is 18.9. The predicted molar refractivity (Wildman–Crippen MR) is 98.4 cm³/mol. The van der Waals surface area contributed by atoms with Crippen molar-refractivity contribution in [2.45, 2.75) is 30.2 Å². The Balaban J connectivity index is 1.70. The van der Waals surface area contributed by atoms with Crippen molar-refractivity contribution >= 4 is 33.2 Å². The van der Waals surface area contributed by atoms with Crippen LogP contribution in [0.1, 0.15) is 18.1 Å². The highest BCUT2D eigenvalue weighted by Crippen LogP contribution is 2.29. The molecule has 8 heteroatoms. The van der Waals surface area contributed by atoms with Crippen LogP contribution in [-0.2, 0) is 22.9 Å². The average molecular weight is 390 g/mol. The quantitative estimate of drug-likeness (QED) is 0.868. The Morgan fingerprint density at radius 1 is 1.23 bits per heavy atom. The second-order valence-electron chi connectivity index (χ2n) is 6.00. The molecule has 0 aliphatic carbocycles. The number of nitrogens with zero attached hydrogens (tertiary/aromatic N) is 2. The minimum absolute atomic E-state index is 0.0462. The van der Waals surface area contributed by atoms with Gasteiger partial charge < -0.3 is 10.2 Å². The molecule has 1 aliphatic heterocycles. The van der Waals surface area contributed by atoms with Gasteiger partial charge in [0.05, 0.1) is 11.0 Å². The number of rotatable bonds is 3. The van der Waals surface area contributed by atoms with Crippen LogP contribution in [0.15, 0.2) is 47.4 Å². The number of halogens is 1. The van der Waals surface area contributed by atoms with Gasteiger partial charge in [-0.2, -0.15) is 5.26 Å². The molecular weight excluding hydrogens is 374 g/mol. The lowest BCUT2D eigenvalue weighted by molar-refractivity contribution is 0.212. The van der Waals surface area contributed by atoms with E-state index < -0.39 is 15.1 Å². The van der Waals surface area contributed by atoms with Crippen molar-refractivity contribution in [1.82, 2.24) is 4.90 Å². The van der Waals surface area contributed by atoms with Crippen LogP contribution in [0, 0.1) is 11.3 Å². The Hall–Kier alpha value is -2.56. The van der Waals surface area contributed by atoms with Gasteiger partial charge in [0.15, 0.2) is 9.84 Å². The first kappa shape index (κ1) is 18.2. The van der Waals surface area contributed by atoms with Crippen LogP contribution in [-0.4, -0.2) is 24.6 Å². The molecule has 0 saturated heterocycles. The van der Waals surface area contributed by atoms with Crippen molar-refractivity contribution in [2.24, 2.45) is 0 Å². The van der Waals surface area contributed by atoms with E-state index in [9.17, 15) is 13.2 Å². The summed E-state index contributed by atoms with van der Waals surface area (Å²) >= 11 is 6.16. The summed E-state index contributed by atoms with van der Waals surface area (Å²) in [5.74, 6) is 0. The van der Waals surface area contributed by atoms with Gasteiger partial charge in [-0.05, 0) is 48.4 Å². The third-order valence-electron chi connectivity index (χ3n) is 4.29. The van der Waals surface area contributed by atoms with Gasteiger partial charge in [-0.1, -0.05) is 23.7 Å². The van der Waals surface area contributed by atoms with E-state index in [1.807, 2.05) is 12.1 Å². The molecule has 2 aromatic rings. The number of amides is 2. The van der Waals surface area contributed by atoms with Gasteiger partial charge in [-0.15, -0.1) is 0 Å². The van der Waals surface area contributed by atoms with Crippen LogP contribution in [0.3, 0.4) is 0 Å². The molecule has 0 bridgehead atoms. The number of fused-ring (bicyclic) bond motifs is 1. The number of carbonyl (C=O) groups excluding carboxylic acids is 1. The summed E-state index contributed by atoms with van der Waals surface area (Å²) in [4.78, 5) is 14.1. The summed E-state index contributed by atoms with van der Waals surface area (Å²) in [6.45, 7) is 2.22. The Kier molecular flexibility index (Phi) is 4.90. The lowest BCUT2D eigenvalue weighted by Crippen LogP contribution is -2.30. The van der Waals surface area contributed by atoms with Crippen LogP contribution >= 0.6 is 11.6 Å². The molecule has 6 nitrogen and oxygen atoms in total. The molecule has 134 valence electrons. The first-order valence-electron chi connectivity index (χ1n) is 7.88. The van der Waals surface area contributed by atoms with E-state index in [1.165, 1.54) is 31.2 Å². The molecule has 0 saturated carbocycles. The van der Waals surface area contributed by atoms with E-state index in [0.29, 0.717) is 23.8 Å². The maximum atomic E-state index is 12.4. The van der Waals surface area contributed by atoms with Crippen molar-refractivity contribution < 1.29 is 13.2 Å². The summed E-state index contributed by atoms with van der Waals surface area (Å²) in [6.07, 6.45) is 0. The second-order valence-corrected chi connectivity index (χ2v) is 8.68. The molecule has 2 aromatic carbocycles. The van der Waals surface area contributed by atoms with Crippen molar-refractivity contribution in [3.8, 4) is 6.07 Å². The maximum absolute atomic E-state index is 12.4. The van der Waals surface area contributed by atoms with Crippen LogP contribution < -0.4 is 5.32 Å². The Bertz CT molecular complexity index is 997. The van der Waals surface area contributed by atoms with Crippen molar-refractivity contribution in [3.05, 3.63) is 58.6 Å². The molecule has 1 atom stereocenters. The highest BCUT2D eigenvalue weighted by molar-refractivity contribution is 7.92. The van der Waals surface area contributed by atoms with Gasteiger partial charge in [0.2, 0.25) is 0 Å².